The Balaban J connectivity index is 1.03. The number of carbonyl (C=O) groups is 1. The number of aliphatic hydroxyl groups excluding tert-OH is 4. The maximum atomic E-state index is 13.9. The first-order valence-corrected chi connectivity index (χ1v) is 24.5. The molecule has 0 radical (unpaired) electrons. The average Bonchev–Trinajstić information content (AvgIpc) is 3.35. The van der Waals surface area contributed by atoms with E-state index < -0.39 is 18.5 Å². The van der Waals surface area contributed by atoms with Crippen molar-refractivity contribution in [3.05, 3.63) is 159 Å². The van der Waals surface area contributed by atoms with Crippen LogP contribution in [0.1, 0.15) is 103 Å². The Morgan fingerprint density at radius 2 is 1.71 bits per heavy atom. The van der Waals surface area contributed by atoms with Gasteiger partial charge in [-0.1, -0.05) is 79.6 Å². The summed E-state index contributed by atoms with van der Waals surface area (Å²) in [6.07, 6.45) is 13.2. The minimum Gasteiger partial charge on any atom is -0.508 e. The van der Waals surface area contributed by atoms with E-state index >= 15 is 0 Å². The lowest BCUT2D eigenvalue weighted by Crippen LogP contribution is -2.33. The van der Waals surface area contributed by atoms with Gasteiger partial charge in [-0.05, 0) is 150 Å². The molecule has 2 aliphatic heterocycles. The lowest BCUT2D eigenvalue weighted by atomic mass is 9.77. The van der Waals surface area contributed by atoms with Crippen LogP contribution in [0.5, 0.6) is 17.2 Å². The van der Waals surface area contributed by atoms with Crippen molar-refractivity contribution in [2.45, 2.75) is 109 Å². The molecule has 11 nitrogen and oxygen atoms in total. The first kappa shape index (κ1) is 49.9. The van der Waals surface area contributed by atoms with Crippen molar-refractivity contribution in [1.82, 2.24) is 0 Å². The SMILES string of the molecule is COc1ccc2cc1OCc1c(C(O)O)cc3c(c(O)cc4c3c1C=C[C@H]4C)CC#CO[C@@H](C[C@@H]1C=C(O)C=C[C@H]1C[C@H](CO)CCc1cccc(N[C@H](Cc3ccccc3)[C@H](C)O)c1)CC(=O)CC2. The molecule has 0 amide bonds. The number of fused-ring (bicyclic) bond motifs is 9. The van der Waals surface area contributed by atoms with Gasteiger partial charge in [0.05, 0.1) is 19.3 Å². The number of aliphatic hydroxyl groups is 5. The highest BCUT2D eigenvalue weighted by atomic mass is 16.5. The zero-order valence-corrected chi connectivity index (χ0v) is 40.2. The number of rotatable bonds is 15. The lowest BCUT2D eigenvalue weighted by molar-refractivity contribution is -0.121. The third kappa shape index (κ3) is 12.1. The molecular weight excluding hydrogens is 883 g/mol. The average molecular weight is 948 g/mol. The number of nitrogens with one attached hydrogen (secondary N) is 1. The third-order valence-corrected chi connectivity index (χ3v) is 14.2. The largest absolute Gasteiger partial charge is 0.508 e. The van der Waals surface area contributed by atoms with E-state index in [1.54, 1.807) is 44.4 Å². The number of hydrogen-bond acceptors (Lipinski definition) is 11. The number of methoxy groups -OCH3 is 1. The van der Waals surface area contributed by atoms with E-state index in [0.717, 1.165) is 51.7 Å². The van der Waals surface area contributed by atoms with E-state index in [0.29, 0.717) is 53.7 Å². The molecule has 2 aliphatic carbocycles. The molecule has 7 N–H and O–H groups in total. The number of carbonyl (C=O) groups excluding carboxylic acids is 1. The lowest BCUT2D eigenvalue weighted by Gasteiger charge is -2.30. The predicted molar refractivity (Wildman–Crippen MR) is 273 cm³/mol. The van der Waals surface area contributed by atoms with E-state index in [1.807, 2.05) is 67.6 Å². The summed E-state index contributed by atoms with van der Waals surface area (Å²) in [5.74, 6) is 3.76. The fourth-order valence-corrected chi connectivity index (χ4v) is 10.3. The zero-order valence-electron chi connectivity index (χ0n) is 40.2. The van der Waals surface area contributed by atoms with Gasteiger partial charge in [-0.2, -0.15) is 0 Å². The first-order valence-electron chi connectivity index (χ1n) is 24.5. The molecule has 6 bridgehead atoms. The molecule has 0 aromatic heterocycles. The number of benzene rings is 5. The smallest absolute Gasteiger partial charge is 0.178 e. The number of aryl methyl sites for hydroxylation is 2. The molecule has 0 saturated heterocycles. The van der Waals surface area contributed by atoms with Gasteiger partial charge >= 0.3 is 0 Å². The van der Waals surface area contributed by atoms with Crippen LogP contribution >= 0.6 is 0 Å². The number of ether oxygens (including phenoxy) is 3. The molecule has 7 atom stereocenters. The van der Waals surface area contributed by atoms with Crippen LogP contribution in [0.4, 0.5) is 5.69 Å². The second-order valence-corrected chi connectivity index (χ2v) is 19.2. The molecule has 9 rings (SSSR count). The van der Waals surface area contributed by atoms with Crippen molar-refractivity contribution in [2.75, 3.05) is 19.0 Å². The van der Waals surface area contributed by atoms with Gasteiger partial charge in [0.15, 0.2) is 17.8 Å². The molecule has 5 aromatic rings. The van der Waals surface area contributed by atoms with Crippen molar-refractivity contribution in [3.63, 3.8) is 0 Å². The summed E-state index contributed by atoms with van der Waals surface area (Å²) in [6, 6.07) is 27.1. The Hall–Kier alpha value is -6.55. The van der Waals surface area contributed by atoms with E-state index in [-0.39, 0.29) is 85.0 Å². The van der Waals surface area contributed by atoms with Crippen LogP contribution in [-0.4, -0.2) is 68.4 Å². The number of phenolic OH excluding ortho intramolecular Hbond substituents is 1. The molecule has 0 fully saturated rings. The van der Waals surface area contributed by atoms with Gasteiger partial charge in [0.1, 0.15) is 36.1 Å². The molecule has 0 spiro atoms. The molecule has 0 unspecified atom stereocenters. The highest BCUT2D eigenvalue weighted by molar-refractivity contribution is 6.01. The Labute approximate surface area is 410 Å². The molecule has 2 heterocycles. The van der Waals surface area contributed by atoms with Crippen LogP contribution in [0, 0.1) is 29.8 Å². The van der Waals surface area contributed by atoms with Crippen LogP contribution in [0.2, 0.25) is 0 Å². The number of Topliss-reactive ketones (excluding diaryl/α,β-unsaturated/α-hetero) is 1. The Bertz CT molecular complexity index is 2800. The van der Waals surface area contributed by atoms with Gasteiger partial charge in [-0.25, -0.2) is 0 Å². The number of hydrogen-bond donors (Lipinski definition) is 7. The van der Waals surface area contributed by atoms with Gasteiger partial charge in [-0.15, -0.1) is 0 Å². The standard InChI is InChI=1S/C59H65NO10/c1-36-14-22-49-53-35-70-57-28-40(18-23-56(57)68-3)17-20-46(64)31-47(69-24-8-13-48-51(32-52(53)59(66)67)58(49)50(36)33-55(48)65)30-43-29-45(63)21-19-42(43)25-41(34-61)16-15-39-11-7-12-44(26-39)60-54(37(2)62)27-38-9-5-4-6-10-38/h4-7,9-12,14,18-19,21-23,26,28-29,32-33,36-37,41-43,47,54,59-63,65-67H,13,15-17,20,25,27,30-31,34-35H2,1-3H3/t36-,37+,41-,42+,43+,47+,54-/m1/s1. The van der Waals surface area contributed by atoms with Gasteiger partial charge in [0, 0.05) is 54.2 Å². The summed E-state index contributed by atoms with van der Waals surface area (Å²) in [6.45, 7) is 3.81. The van der Waals surface area contributed by atoms with Gasteiger partial charge in [0.25, 0.3) is 0 Å². The maximum absolute atomic E-state index is 13.9. The summed E-state index contributed by atoms with van der Waals surface area (Å²) >= 11 is 0. The second kappa shape index (κ2) is 22.9. The van der Waals surface area contributed by atoms with Crippen LogP contribution in [0.25, 0.3) is 16.8 Å². The van der Waals surface area contributed by atoms with E-state index in [9.17, 15) is 35.4 Å². The second-order valence-electron chi connectivity index (χ2n) is 19.2. The molecule has 0 saturated carbocycles. The van der Waals surface area contributed by atoms with Crippen LogP contribution < -0.4 is 14.8 Å². The third-order valence-electron chi connectivity index (χ3n) is 14.2. The van der Waals surface area contributed by atoms with E-state index in [2.05, 4.69) is 41.6 Å². The van der Waals surface area contributed by atoms with Crippen LogP contribution in [-0.2, 0) is 41.8 Å². The number of aromatic hydroxyl groups is 1. The molecular formula is C59H65NO10. The van der Waals surface area contributed by atoms with Gasteiger partial charge in [0.2, 0.25) is 0 Å². The predicted octanol–water partition coefficient (Wildman–Crippen LogP) is 9.71. The maximum Gasteiger partial charge on any atom is 0.178 e. The van der Waals surface area contributed by atoms with E-state index in [1.165, 1.54) is 0 Å². The summed E-state index contributed by atoms with van der Waals surface area (Å²) in [5.41, 5.74) is 7.01. The minimum atomic E-state index is -1.84. The Kier molecular flexibility index (Phi) is 16.3. The monoisotopic (exact) mass is 947 g/mol. The summed E-state index contributed by atoms with van der Waals surface area (Å²) in [5, 5.41) is 70.2. The van der Waals surface area contributed by atoms with Crippen molar-refractivity contribution in [3.8, 4) is 29.3 Å². The minimum absolute atomic E-state index is 0.00548. The summed E-state index contributed by atoms with van der Waals surface area (Å²) in [4.78, 5) is 13.9. The van der Waals surface area contributed by atoms with Crippen LogP contribution in [0.3, 0.4) is 0 Å². The molecule has 11 heteroatoms. The molecule has 70 heavy (non-hydrogen) atoms. The number of phenols is 1. The molecule has 4 aliphatic rings. The van der Waals surface area contributed by atoms with Gasteiger partial charge < -0.3 is 50.2 Å². The normalized spacial score (nSPS) is 20.3. The number of anilines is 1. The Morgan fingerprint density at radius 3 is 2.49 bits per heavy atom. The molecule has 366 valence electrons. The highest BCUT2D eigenvalue weighted by Gasteiger charge is 2.30. The van der Waals surface area contributed by atoms with Gasteiger partial charge in [-0.3, -0.25) is 4.79 Å². The molecule has 5 aromatic carbocycles. The number of allylic oxidation sites excluding steroid dienone is 4. The van der Waals surface area contributed by atoms with E-state index in [4.69, 9.17) is 14.2 Å². The first-order chi connectivity index (χ1) is 33.9. The summed E-state index contributed by atoms with van der Waals surface area (Å²) < 4.78 is 18.4. The van der Waals surface area contributed by atoms with Crippen molar-refractivity contribution in [1.29, 1.82) is 0 Å². The fraction of sp³-hybridized carbons (Fsp3) is 0.373. The zero-order chi connectivity index (χ0) is 49.3. The Morgan fingerprint density at radius 1 is 0.900 bits per heavy atom. The fourth-order valence-electron chi connectivity index (χ4n) is 10.3. The number of ketones is 1. The van der Waals surface area contributed by atoms with Crippen LogP contribution in [0.15, 0.2) is 115 Å². The van der Waals surface area contributed by atoms with Crippen molar-refractivity contribution >= 4 is 28.3 Å². The summed E-state index contributed by atoms with van der Waals surface area (Å²) in [7, 11) is 1.55. The van der Waals surface area contributed by atoms with Crippen molar-refractivity contribution in [2.24, 2.45) is 17.8 Å². The highest BCUT2D eigenvalue weighted by Crippen LogP contribution is 2.44. The quantitative estimate of drug-likeness (QED) is 0.0393. The van der Waals surface area contributed by atoms with Crippen molar-refractivity contribution < 1.29 is 49.6 Å². The topological polar surface area (TPSA) is 178 Å².